The number of aryl methyl sites for hydroxylation is 3. The third-order valence-electron chi connectivity index (χ3n) is 2.34. The van der Waals surface area contributed by atoms with Crippen molar-refractivity contribution in [2.24, 2.45) is 0 Å². The summed E-state index contributed by atoms with van der Waals surface area (Å²) in [6.07, 6.45) is 2.72. The van der Waals surface area contributed by atoms with Crippen molar-refractivity contribution in [1.29, 1.82) is 0 Å². The fraction of sp³-hybridized carbons (Fsp3) is 0.273. The van der Waals surface area contributed by atoms with Crippen LogP contribution in [0.5, 0.6) is 0 Å². The van der Waals surface area contributed by atoms with E-state index in [0.29, 0.717) is 4.77 Å². The maximum atomic E-state index is 5.07. The van der Waals surface area contributed by atoms with E-state index in [1.807, 2.05) is 4.57 Å². The summed E-state index contributed by atoms with van der Waals surface area (Å²) in [6, 6.07) is 8.52. The van der Waals surface area contributed by atoms with Crippen molar-refractivity contribution in [3.05, 3.63) is 46.5 Å². The van der Waals surface area contributed by atoms with E-state index in [0.717, 1.165) is 13.0 Å². The highest BCUT2D eigenvalue weighted by Gasteiger charge is 1.96. The highest BCUT2D eigenvalue weighted by Crippen LogP contribution is 2.05. The summed E-state index contributed by atoms with van der Waals surface area (Å²) in [5.74, 6) is 0. The minimum atomic E-state index is 0.683. The summed E-state index contributed by atoms with van der Waals surface area (Å²) in [5.41, 5.74) is 2.63. The number of hydrogen-bond acceptors (Lipinski definition) is 2. The van der Waals surface area contributed by atoms with Gasteiger partial charge in [-0.3, -0.25) is 5.10 Å². The zero-order chi connectivity index (χ0) is 10.7. The highest BCUT2D eigenvalue weighted by molar-refractivity contribution is 7.71. The molecule has 0 aliphatic carbocycles. The van der Waals surface area contributed by atoms with Crippen LogP contribution >= 0.6 is 12.2 Å². The van der Waals surface area contributed by atoms with E-state index in [-0.39, 0.29) is 0 Å². The minimum absolute atomic E-state index is 0.683. The molecular formula is C11H13N3S. The molecule has 0 aliphatic rings. The van der Waals surface area contributed by atoms with Gasteiger partial charge in [0.1, 0.15) is 6.33 Å². The van der Waals surface area contributed by atoms with Crippen LogP contribution in [0.4, 0.5) is 0 Å². The van der Waals surface area contributed by atoms with E-state index in [1.54, 1.807) is 6.33 Å². The lowest BCUT2D eigenvalue weighted by Crippen LogP contribution is -2.00. The standard InChI is InChI=1S/C11H13N3S/c1-9-3-2-4-10(7-9)5-6-14-8-12-13-11(14)15/h2-4,7-8H,5-6H2,1H3,(H,13,15). The number of benzene rings is 1. The summed E-state index contributed by atoms with van der Waals surface area (Å²) >= 11 is 5.07. The normalized spacial score (nSPS) is 10.5. The van der Waals surface area contributed by atoms with E-state index in [9.17, 15) is 0 Å². The molecule has 0 aliphatic heterocycles. The molecule has 0 amide bonds. The molecule has 4 heteroatoms. The third kappa shape index (κ3) is 2.53. The molecule has 2 aromatic rings. The molecule has 0 unspecified atom stereocenters. The maximum Gasteiger partial charge on any atom is 0.194 e. The van der Waals surface area contributed by atoms with E-state index in [1.165, 1.54) is 11.1 Å². The molecule has 1 aromatic heterocycles. The van der Waals surface area contributed by atoms with Gasteiger partial charge in [0.05, 0.1) is 0 Å². The topological polar surface area (TPSA) is 33.6 Å². The number of aromatic amines is 1. The molecule has 2 rings (SSSR count). The van der Waals surface area contributed by atoms with Gasteiger partial charge >= 0.3 is 0 Å². The Balaban J connectivity index is 2.05. The molecule has 78 valence electrons. The zero-order valence-corrected chi connectivity index (χ0v) is 9.42. The van der Waals surface area contributed by atoms with E-state index in [2.05, 4.69) is 41.4 Å². The first-order valence-electron chi connectivity index (χ1n) is 4.91. The first-order valence-corrected chi connectivity index (χ1v) is 5.32. The molecule has 0 saturated carbocycles. The van der Waals surface area contributed by atoms with Crippen LogP contribution in [0, 0.1) is 11.7 Å². The Morgan fingerprint density at radius 3 is 3.00 bits per heavy atom. The van der Waals surface area contributed by atoms with Gasteiger partial charge in [0.2, 0.25) is 0 Å². The lowest BCUT2D eigenvalue weighted by molar-refractivity contribution is 0.685. The first-order chi connectivity index (χ1) is 7.25. The van der Waals surface area contributed by atoms with Crippen LogP contribution in [0.25, 0.3) is 0 Å². The van der Waals surface area contributed by atoms with Crippen molar-refractivity contribution in [3.63, 3.8) is 0 Å². The van der Waals surface area contributed by atoms with Crippen LogP contribution < -0.4 is 0 Å². The number of aromatic nitrogens is 3. The quantitative estimate of drug-likeness (QED) is 0.805. The van der Waals surface area contributed by atoms with Crippen molar-refractivity contribution in [2.75, 3.05) is 0 Å². The fourth-order valence-corrected chi connectivity index (χ4v) is 1.74. The second-order valence-corrected chi connectivity index (χ2v) is 3.98. The molecular weight excluding hydrogens is 206 g/mol. The highest BCUT2D eigenvalue weighted by atomic mass is 32.1. The van der Waals surface area contributed by atoms with Crippen molar-refractivity contribution < 1.29 is 0 Å². The summed E-state index contributed by atoms with van der Waals surface area (Å²) in [6.45, 7) is 2.98. The predicted molar refractivity (Wildman–Crippen MR) is 62.3 cm³/mol. The van der Waals surface area contributed by atoms with E-state index in [4.69, 9.17) is 12.2 Å². The van der Waals surface area contributed by atoms with Gasteiger partial charge in [-0.2, -0.15) is 5.10 Å². The van der Waals surface area contributed by atoms with E-state index >= 15 is 0 Å². The Morgan fingerprint density at radius 1 is 1.47 bits per heavy atom. The smallest absolute Gasteiger partial charge is 0.194 e. The first kappa shape index (κ1) is 10.1. The lowest BCUT2D eigenvalue weighted by atomic mass is 10.1. The molecule has 0 fully saturated rings. The summed E-state index contributed by atoms with van der Waals surface area (Å²) < 4.78 is 2.63. The molecule has 0 atom stereocenters. The number of H-pyrrole nitrogens is 1. The van der Waals surface area contributed by atoms with Crippen LogP contribution in [0.3, 0.4) is 0 Å². The Kier molecular flexibility index (Phi) is 2.97. The molecule has 0 bridgehead atoms. The molecule has 1 N–H and O–H groups in total. The van der Waals surface area contributed by atoms with Gasteiger partial charge < -0.3 is 4.57 Å². The monoisotopic (exact) mass is 219 g/mol. The van der Waals surface area contributed by atoms with Gasteiger partial charge in [-0.25, -0.2) is 0 Å². The summed E-state index contributed by atoms with van der Waals surface area (Å²) in [4.78, 5) is 0. The molecule has 3 nitrogen and oxygen atoms in total. The maximum absolute atomic E-state index is 5.07. The number of nitrogens with one attached hydrogen (secondary N) is 1. The van der Waals surface area contributed by atoms with Crippen LogP contribution in [-0.2, 0) is 13.0 Å². The lowest BCUT2D eigenvalue weighted by Gasteiger charge is -2.02. The van der Waals surface area contributed by atoms with Gasteiger partial charge in [-0.05, 0) is 31.1 Å². The van der Waals surface area contributed by atoms with Gasteiger partial charge in [0, 0.05) is 6.54 Å². The van der Waals surface area contributed by atoms with Crippen LogP contribution in [-0.4, -0.2) is 14.8 Å². The minimum Gasteiger partial charge on any atom is -0.306 e. The summed E-state index contributed by atoms with van der Waals surface area (Å²) in [7, 11) is 0. The zero-order valence-electron chi connectivity index (χ0n) is 8.60. The van der Waals surface area contributed by atoms with Gasteiger partial charge in [-0.15, -0.1) is 0 Å². The van der Waals surface area contributed by atoms with Crippen LogP contribution in [0.2, 0.25) is 0 Å². The molecule has 0 saturated heterocycles. The Bertz CT molecular complexity index is 498. The van der Waals surface area contributed by atoms with Gasteiger partial charge in [-0.1, -0.05) is 29.8 Å². The number of rotatable bonds is 3. The van der Waals surface area contributed by atoms with Gasteiger partial charge in [0.15, 0.2) is 4.77 Å². The number of hydrogen-bond donors (Lipinski definition) is 1. The van der Waals surface area contributed by atoms with Crippen molar-refractivity contribution in [1.82, 2.24) is 14.8 Å². The van der Waals surface area contributed by atoms with Crippen LogP contribution in [0.15, 0.2) is 30.6 Å². The Hall–Kier alpha value is -1.42. The summed E-state index contributed by atoms with van der Waals surface area (Å²) in [5, 5.41) is 6.63. The second-order valence-electron chi connectivity index (χ2n) is 3.59. The Morgan fingerprint density at radius 2 is 2.33 bits per heavy atom. The predicted octanol–water partition coefficient (Wildman–Crippen LogP) is 2.49. The molecule has 1 heterocycles. The number of nitrogens with zero attached hydrogens (tertiary/aromatic N) is 2. The SMILES string of the molecule is Cc1cccc(CCn2cn[nH]c2=S)c1. The van der Waals surface area contributed by atoms with Crippen LogP contribution in [0.1, 0.15) is 11.1 Å². The second kappa shape index (κ2) is 4.40. The third-order valence-corrected chi connectivity index (χ3v) is 2.67. The molecule has 1 aromatic carbocycles. The van der Waals surface area contributed by atoms with Gasteiger partial charge in [0.25, 0.3) is 0 Å². The largest absolute Gasteiger partial charge is 0.306 e. The average Bonchev–Trinajstić information content (AvgIpc) is 2.61. The molecule has 0 radical (unpaired) electrons. The van der Waals surface area contributed by atoms with Crippen molar-refractivity contribution in [3.8, 4) is 0 Å². The van der Waals surface area contributed by atoms with E-state index < -0.39 is 0 Å². The average molecular weight is 219 g/mol. The fourth-order valence-electron chi connectivity index (χ4n) is 1.55. The Labute approximate surface area is 93.8 Å². The molecule has 15 heavy (non-hydrogen) atoms. The van der Waals surface area contributed by atoms with Crippen molar-refractivity contribution >= 4 is 12.2 Å². The molecule has 0 spiro atoms. The van der Waals surface area contributed by atoms with Crippen molar-refractivity contribution in [2.45, 2.75) is 19.9 Å².